The lowest BCUT2D eigenvalue weighted by molar-refractivity contribution is -0.133. The van der Waals surface area contributed by atoms with Crippen molar-refractivity contribution in [2.75, 3.05) is 19.6 Å². The number of carbonyl (C=O) groups excluding carboxylic acids is 2. The highest BCUT2D eigenvalue weighted by atomic mass is 35.5. The SMILES string of the molecule is CC(C)CC(=O)N1CCC(NC(=O)C2CC(F)(F)CN2)CC1.Cl. The van der Waals surface area contributed by atoms with Crippen molar-refractivity contribution in [3.05, 3.63) is 0 Å². The van der Waals surface area contributed by atoms with Crippen molar-refractivity contribution in [1.29, 1.82) is 0 Å². The van der Waals surface area contributed by atoms with Crippen LogP contribution in [0.2, 0.25) is 0 Å². The topological polar surface area (TPSA) is 61.4 Å². The van der Waals surface area contributed by atoms with Gasteiger partial charge in [0.2, 0.25) is 11.8 Å². The van der Waals surface area contributed by atoms with E-state index in [1.165, 1.54) is 0 Å². The maximum atomic E-state index is 13.1. The molecule has 8 heteroatoms. The van der Waals surface area contributed by atoms with Crippen LogP contribution in [0.4, 0.5) is 8.78 Å². The molecule has 0 bridgehead atoms. The number of nitrogens with one attached hydrogen (secondary N) is 2. The van der Waals surface area contributed by atoms with Gasteiger partial charge in [-0.1, -0.05) is 13.8 Å². The second-order valence-electron chi connectivity index (χ2n) is 6.76. The minimum atomic E-state index is -2.80. The molecule has 23 heavy (non-hydrogen) atoms. The number of hydrogen-bond acceptors (Lipinski definition) is 3. The molecule has 2 amide bonds. The van der Waals surface area contributed by atoms with Gasteiger partial charge in [-0.3, -0.25) is 14.9 Å². The van der Waals surface area contributed by atoms with E-state index in [1.54, 1.807) is 0 Å². The molecule has 2 saturated heterocycles. The van der Waals surface area contributed by atoms with Crippen LogP contribution in [-0.4, -0.2) is 54.4 Å². The summed E-state index contributed by atoms with van der Waals surface area (Å²) in [5.74, 6) is -2.67. The van der Waals surface area contributed by atoms with Crippen molar-refractivity contribution in [2.24, 2.45) is 5.92 Å². The fourth-order valence-corrected chi connectivity index (χ4v) is 2.95. The third kappa shape index (κ3) is 5.88. The average Bonchev–Trinajstić information content (AvgIpc) is 2.79. The fourth-order valence-electron chi connectivity index (χ4n) is 2.95. The molecule has 134 valence electrons. The molecule has 0 aromatic rings. The second-order valence-corrected chi connectivity index (χ2v) is 6.76. The molecule has 0 saturated carbocycles. The summed E-state index contributed by atoms with van der Waals surface area (Å²) < 4.78 is 26.2. The second kappa shape index (κ2) is 8.24. The van der Waals surface area contributed by atoms with E-state index in [1.807, 2.05) is 18.7 Å². The first-order chi connectivity index (χ1) is 10.3. The van der Waals surface area contributed by atoms with Crippen molar-refractivity contribution in [2.45, 2.75) is 57.5 Å². The molecule has 2 heterocycles. The highest BCUT2D eigenvalue weighted by molar-refractivity contribution is 5.85. The third-order valence-electron chi connectivity index (χ3n) is 4.20. The number of alkyl halides is 2. The van der Waals surface area contributed by atoms with E-state index < -0.39 is 24.9 Å². The quantitative estimate of drug-likeness (QED) is 0.806. The number of nitrogens with zero attached hydrogens (tertiary/aromatic N) is 1. The van der Waals surface area contributed by atoms with Crippen LogP contribution in [0, 0.1) is 5.92 Å². The molecule has 5 nitrogen and oxygen atoms in total. The first-order valence-corrected chi connectivity index (χ1v) is 7.96. The summed E-state index contributed by atoms with van der Waals surface area (Å²) in [6, 6.07) is -0.845. The number of likely N-dealkylation sites (tertiary alicyclic amines) is 1. The van der Waals surface area contributed by atoms with Crippen molar-refractivity contribution < 1.29 is 18.4 Å². The summed E-state index contributed by atoms with van der Waals surface area (Å²) in [6.07, 6.45) is 1.46. The van der Waals surface area contributed by atoms with Gasteiger partial charge < -0.3 is 10.2 Å². The van der Waals surface area contributed by atoms with E-state index in [4.69, 9.17) is 0 Å². The van der Waals surface area contributed by atoms with Gasteiger partial charge in [0.15, 0.2) is 0 Å². The minimum Gasteiger partial charge on any atom is -0.352 e. The molecule has 2 aliphatic heterocycles. The molecule has 1 atom stereocenters. The summed E-state index contributed by atoms with van der Waals surface area (Å²) in [5, 5.41) is 5.38. The number of hydrogen-bond donors (Lipinski definition) is 2. The van der Waals surface area contributed by atoms with E-state index in [0.717, 1.165) is 0 Å². The van der Waals surface area contributed by atoms with Gasteiger partial charge in [0, 0.05) is 32.0 Å². The van der Waals surface area contributed by atoms with Crippen LogP contribution in [0.15, 0.2) is 0 Å². The first-order valence-electron chi connectivity index (χ1n) is 7.96. The molecule has 0 aromatic carbocycles. The smallest absolute Gasteiger partial charge is 0.262 e. The highest BCUT2D eigenvalue weighted by Gasteiger charge is 2.42. The summed E-state index contributed by atoms with van der Waals surface area (Å²) in [5.41, 5.74) is 0. The predicted molar refractivity (Wildman–Crippen MR) is 85.8 cm³/mol. The first kappa shape index (κ1) is 20.1. The fraction of sp³-hybridized carbons (Fsp3) is 0.867. The standard InChI is InChI=1S/C15H25F2N3O2.ClH/c1-10(2)7-13(21)20-5-3-11(4-6-20)19-14(22)12-8-15(16,17)9-18-12;/h10-12,18H,3-9H2,1-2H3,(H,19,22);1H. The largest absolute Gasteiger partial charge is 0.352 e. The van der Waals surface area contributed by atoms with Gasteiger partial charge in [-0.05, 0) is 18.8 Å². The van der Waals surface area contributed by atoms with Crippen molar-refractivity contribution >= 4 is 24.2 Å². The van der Waals surface area contributed by atoms with Crippen LogP contribution in [0.25, 0.3) is 0 Å². The molecule has 2 rings (SSSR count). The zero-order chi connectivity index (χ0) is 16.3. The van der Waals surface area contributed by atoms with E-state index >= 15 is 0 Å². The summed E-state index contributed by atoms with van der Waals surface area (Å²) in [6.45, 7) is 4.81. The van der Waals surface area contributed by atoms with Gasteiger partial charge in [0.25, 0.3) is 5.92 Å². The van der Waals surface area contributed by atoms with E-state index in [-0.39, 0.29) is 30.3 Å². The zero-order valence-corrected chi connectivity index (χ0v) is 14.4. The minimum absolute atomic E-state index is 0. The van der Waals surface area contributed by atoms with E-state index in [9.17, 15) is 18.4 Å². The van der Waals surface area contributed by atoms with Crippen molar-refractivity contribution in [3.8, 4) is 0 Å². The number of halogens is 3. The predicted octanol–water partition coefficient (Wildman–Crippen LogP) is 1.56. The van der Waals surface area contributed by atoms with Crippen LogP contribution in [-0.2, 0) is 9.59 Å². The van der Waals surface area contributed by atoms with Crippen molar-refractivity contribution in [1.82, 2.24) is 15.5 Å². The molecule has 0 aromatic heterocycles. The molecular formula is C15H26ClF2N3O2. The van der Waals surface area contributed by atoms with Crippen LogP contribution >= 0.6 is 12.4 Å². The lowest BCUT2D eigenvalue weighted by atomic mass is 10.0. The Bertz CT molecular complexity index is 427. The van der Waals surface area contributed by atoms with Crippen LogP contribution in [0.5, 0.6) is 0 Å². The summed E-state index contributed by atoms with van der Waals surface area (Å²) >= 11 is 0. The Morgan fingerprint density at radius 1 is 1.30 bits per heavy atom. The van der Waals surface area contributed by atoms with Gasteiger partial charge in [0.05, 0.1) is 12.6 Å². The summed E-state index contributed by atoms with van der Waals surface area (Å²) in [4.78, 5) is 25.8. The number of rotatable bonds is 4. The molecule has 0 aliphatic carbocycles. The molecular weight excluding hydrogens is 328 g/mol. The van der Waals surface area contributed by atoms with E-state index in [0.29, 0.717) is 38.3 Å². The number of piperidine rings is 1. The van der Waals surface area contributed by atoms with Crippen LogP contribution in [0.3, 0.4) is 0 Å². The average molecular weight is 354 g/mol. The van der Waals surface area contributed by atoms with Crippen LogP contribution < -0.4 is 10.6 Å². The Labute approximate surface area is 142 Å². The number of carbonyl (C=O) groups is 2. The molecule has 0 spiro atoms. The Morgan fingerprint density at radius 3 is 2.39 bits per heavy atom. The van der Waals surface area contributed by atoms with Gasteiger partial charge in [-0.15, -0.1) is 12.4 Å². The maximum absolute atomic E-state index is 13.1. The monoisotopic (exact) mass is 353 g/mol. The molecule has 2 fully saturated rings. The lowest BCUT2D eigenvalue weighted by Gasteiger charge is -2.33. The third-order valence-corrected chi connectivity index (χ3v) is 4.20. The lowest BCUT2D eigenvalue weighted by Crippen LogP contribution is -2.50. The Morgan fingerprint density at radius 2 is 1.91 bits per heavy atom. The Hall–Kier alpha value is -0.950. The normalized spacial score (nSPS) is 24.4. The number of amides is 2. The molecule has 0 radical (unpaired) electrons. The van der Waals surface area contributed by atoms with Crippen molar-refractivity contribution in [3.63, 3.8) is 0 Å². The Kier molecular flexibility index (Phi) is 7.20. The van der Waals surface area contributed by atoms with Gasteiger partial charge in [0.1, 0.15) is 0 Å². The Balaban J connectivity index is 0.00000264. The van der Waals surface area contributed by atoms with Gasteiger partial charge in [-0.25, -0.2) is 8.78 Å². The van der Waals surface area contributed by atoms with Gasteiger partial charge in [-0.2, -0.15) is 0 Å². The zero-order valence-electron chi connectivity index (χ0n) is 13.6. The highest BCUT2D eigenvalue weighted by Crippen LogP contribution is 2.25. The maximum Gasteiger partial charge on any atom is 0.262 e. The molecule has 1 unspecified atom stereocenters. The van der Waals surface area contributed by atoms with Crippen LogP contribution in [0.1, 0.15) is 39.5 Å². The van der Waals surface area contributed by atoms with E-state index in [2.05, 4.69) is 10.6 Å². The summed E-state index contributed by atoms with van der Waals surface area (Å²) in [7, 11) is 0. The molecule has 2 N–H and O–H groups in total. The van der Waals surface area contributed by atoms with Gasteiger partial charge >= 0.3 is 0 Å². The molecule has 2 aliphatic rings.